The molecule has 1 unspecified atom stereocenters. The van der Waals surface area contributed by atoms with Gasteiger partial charge in [-0.05, 0) is 38.1 Å². The van der Waals surface area contributed by atoms with Crippen molar-refractivity contribution < 1.29 is 4.79 Å². The van der Waals surface area contributed by atoms with E-state index in [2.05, 4.69) is 17.6 Å². The quantitative estimate of drug-likeness (QED) is 0.718. The highest BCUT2D eigenvalue weighted by Gasteiger charge is 2.40. The minimum atomic E-state index is -0.0936. The molecule has 2 fully saturated rings. The largest absolute Gasteiger partial charge is 0.355 e. The summed E-state index contributed by atoms with van der Waals surface area (Å²) in [6.07, 6.45) is 5.74. The van der Waals surface area contributed by atoms with E-state index in [-0.39, 0.29) is 5.41 Å². The molecule has 2 rings (SSSR count). The molecule has 0 aromatic rings. The molecule has 2 aliphatic rings. The summed E-state index contributed by atoms with van der Waals surface area (Å²) in [7, 11) is 0. The molecule has 15 heavy (non-hydrogen) atoms. The third kappa shape index (κ3) is 2.51. The Balaban J connectivity index is 1.87. The highest BCUT2D eigenvalue weighted by Crippen LogP contribution is 2.32. The molecule has 1 aliphatic carbocycles. The van der Waals surface area contributed by atoms with E-state index in [0.29, 0.717) is 5.91 Å². The molecular weight excluding hydrogens is 188 g/mol. The maximum atomic E-state index is 12.1. The minimum Gasteiger partial charge on any atom is -0.355 e. The van der Waals surface area contributed by atoms with Gasteiger partial charge in [0.1, 0.15) is 0 Å². The van der Waals surface area contributed by atoms with E-state index in [4.69, 9.17) is 0 Å². The summed E-state index contributed by atoms with van der Waals surface area (Å²) >= 11 is 0. The molecule has 0 aromatic carbocycles. The predicted molar refractivity (Wildman–Crippen MR) is 60.6 cm³/mol. The van der Waals surface area contributed by atoms with E-state index in [1.165, 1.54) is 12.8 Å². The molecule has 0 spiro atoms. The van der Waals surface area contributed by atoms with Crippen LogP contribution in [0.1, 0.15) is 39.0 Å². The molecule has 0 bridgehead atoms. The second kappa shape index (κ2) is 4.52. The van der Waals surface area contributed by atoms with Gasteiger partial charge in [-0.2, -0.15) is 0 Å². The number of rotatable bonds is 5. The van der Waals surface area contributed by atoms with Gasteiger partial charge in [-0.1, -0.05) is 13.3 Å². The number of carbonyl (C=O) groups excluding carboxylic acids is 1. The lowest BCUT2D eigenvalue weighted by Crippen LogP contribution is -2.43. The highest BCUT2D eigenvalue weighted by atomic mass is 16.2. The second-order valence-corrected chi connectivity index (χ2v) is 5.11. The van der Waals surface area contributed by atoms with Gasteiger partial charge >= 0.3 is 0 Å². The Kier molecular flexibility index (Phi) is 3.29. The van der Waals surface area contributed by atoms with Crippen molar-refractivity contribution in [3.8, 4) is 0 Å². The van der Waals surface area contributed by atoms with Gasteiger partial charge in [0.15, 0.2) is 0 Å². The van der Waals surface area contributed by atoms with Crippen LogP contribution in [0, 0.1) is 11.3 Å². The molecule has 0 aromatic heterocycles. The first-order valence-electron chi connectivity index (χ1n) is 6.26. The van der Waals surface area contributed by atoms with Crippen LogP contribution in [0.2, 0.25) is 0 Å². The molecule has 2 N–H and O–H groups in total. The van der Waals surface area contributed by atoms with Crippen LogP contribution in [-0.2, 0) is 4.79 Å². The molecule has 3 heteroatoms. The number of amides is 1. The molecule has 86 valence electrons. The average Bonchev–Trinajstić information content (AvgIpc) is 2.94. The first-order valence-corrected chi connectivity index (χ1v) is 6.26. The molecule has 0 radical (unpaired) electrons. The number of hydrogen-bond acceptors (Lipinski definition) is 2. The highest BCUT2D eigenvalue weighted by molar-refractivity contribution is 5.83. The van der Waals surface area contributed by atoms with Gasteiger partial charge in [-0.3, -0.25) is 4.79 Å². The fourth-order valence-corrected chi connectivity index (χ4v) is 2.49. The standard InChI is InChI=1S/C12H22N2O/c1-2-5-12(6-7-13-9-12)11(15)14-8-10-3-4-10/h10,13H,2-9H2,1H3,(H,14,15). The van der Waals surface area contributed by atoms with Crippen LogP contribution in [0.3, 0.4) is 0 Å². The van der Waals surface area contributed by atoms with Gasteiger partial charge in [-0.15, -0.1) is 0 Å². The summed E-state index contributed by atoms with van der Waals surface area (Å²) in [6, 6.07) is 0. The first-order chi connectivity index (χ1) is 7.27. The normalized spacial score (nSPS) is 30.5. The summed E-state index contributed by atoms with van der Waals surface area (Å²) in [6.45, 7) is 4.94. The molecule has 1 amide bonds. The summed E-state index contributed by atoms with van der Waals surface area (Å²) < 4.78 is 0. The monoisotopic (exact) mass is 210 g/mol. The van der Waals surface area contributed by atoms with Gasteiger partial charge in [0.05, 0.1) is 5.41 Å². The lowest BCUT2D eigenvalue weighted by atomic mass is 9.81. The van der Waals surface area contributed by atoms with E-state index >= 15 is 0 Å². The number of nitrogens with one attached hydrogen (secondary N) is 2. The Morgan fingerprint density at radius 3 is 2.87 bits per heavy atom. The molecule has 1 saturated heterocycles. The van der Waals surface area contributed by atoms with E-state index in [0.717, 1.165) is 44.8 Å². The van der Waals surface area contributed by atoms with Crippen molar-refractivity contribution in [1.29, 1.82) is 0 Å². The van der Waals surface area contributed by atoms with Crippen molar-refractivity contribution >= 4 is 5.91 Å². The van der Waals surface area contributed by atoms with Crippen LogP contribution >= 0.6 is 0 Å². The smallest absolute Gasteiger partial charge is 0.227 e. The summed E-state index contributed by atoms with van der Waals surface area (Å²) in [5, 5.41) is 6.45. The third-order valence-electron chi connectivity index (χ3n) is 3.70. The van der Waals surface area contributed by atoms with Gasteiger partial charge in [0.2, 0.25) is 5.91 Å². The minimum absolute atomic E-state index is 0.0936. The Labute approximate surface area is 92.0 Å². The summed E-state index contributed by atoms with van der Waals surface area (Å²) in [5.41, 5.74) is -0.0936. The molecular formula is C12H22N2O. The van der Waals surface area contributed by atoms with Crippen LogP contribution in [-0.4, -0.2) is 25.5 Å². The van der Waals surface area contributed by atoms with Crippen LogP contribution < -0.4 is 10.6 Å². The molecule has 1 heterocycles. The lowest BCUT2D eigenvalue weighted by Gasteiger charge is -2.26. The van der Waals surface area contributed by atoms with Gasteiger partial charge in [-0.25, -0.2) is 0 Å². The molecule has 1 aliphatic heterocycles. The van der Waals surface area contributed by atoms with E-state index in [9.17, 15) is 4.79 Å². The average molecular weight is 210 g/mol. The maximum Gasteiger partial charge on any atom is 0.227 e. The Bertz CT molecular complexity index is 230. The van der Waals surface area contributed by atoms with Crippen LogP contribution in [0.15, 0.2) is 0 Å². The topological polar surface area (TPSA) is 41.1 Å². The zero-order chi connectivity index (χ0) is 10.7. The molecule has 1 atom stereocenters. The summed E-state index contributed by atoms with van der Waals surface area (Å²) in [4.78, 5) is 12.1. The van der Waals surface area contributed by atoms with Gasteiger partial charge in [0.25, 0.3) is 0 Å². The Morgan fingerprint density at radius 1 is 1.53 bits per heavy atom. The van der Waals surface area contributed by atoms with Crippen LogP contribution in [0.5, 0.6) is 0 Å². The Morgan fingerprint density at radius 2 is 2.33 bits per heavy atom. The fourth-order valence-electron chi connectivity index (χ4n) is 2.49. The number of carbonyl (C=O) groups is 1. The van der Waals surface area contributed by atoms with E-state index < -0.39 is 0 Å². The maximum absolute atomic E-state index is 12.1. The van der Waals surface area contributed by atoms with Crippen molar-refractivity contribution in [3.63, 3.8) is 0 Å². The molecule has 1 saturated carbocycles. The third-order valence-corrected chi connectivity index (χ3v) is 3.70. The first kappa shape index (κ1) is 10.9. The van der Waals surface area contributed by atoms with Crippen molar-refractivity contribution in [2.24, 2.45) is 11.3 Å². The lowest BCUT2D eigenvalue weighted by molar-refractivity contribution is -0.130. The van der Waals surface area contributed by atoms with Crippen molar-refractivity contribution in [2.75, 3.05) is 19.6 Å². The van der Waals surface area contributed by atoms with Crippen molar-refractivity contribution in [2.45, 2.75) is 39.0 Å². The van der Waals surface area contributed by atoms with E-state index in [1.54, 1.807) is 0 Å². The van der Waals surface area contributed by atoms with E-state index in [1.807, 2.05) is 0 Å². The number of hydrogen-bond donors (Lipinski definition) is 2. The second-order valence-electron chi connectivity index (χ2n) is 5.11. The summed E-state index contributed by atoms with van der Waals surface area (Å²) in [5.74, 6) is 1.07. The Hall–Kier alpha value is -0.570. The SMILES string of the molecule is CCCC1(C(=O)NCC2CC2)CCNC1. The van der Waals surface area contributed by atoms with Crippen molar-refractivity contribution in [3.05, 3.63) is 0 Å². The van der Waals surface area contributed by atoms with Crippen LogP contribution in [0.4, 0.5) is 0 Å². The van der Waals surface area contributed by atoms with Gasteiger partial charge < -0.3 is 10.6 Å². The van der Waals surface area contributed by atoms with Crippen LogP contribution in [0.25, 0.3) is 0 Å². The fraction of sp³-hybridized carbons (Fsp3) is 0.917. The van der Waals surface area contributed by atoms with Crippen molar-refractivity contribution in [1.82, 2.24) is 10.6 Å². The zero-order valence-electron chi connectivity index (χ0n) is 9.64. The predicted octanol–water partition coefficient (Wildman–Crippen LogP) is 1.29. The van der Waals surface area contributed by atoms with Gasteiger partial charge in [0, 0.05) is 13.1 Å². The zero-order valence-corrected chi connectivity index (χ0v) is 9.64. The molecule has 3 nitrogen and oxygen atoms in total.